The molecule has 0 heterocycles. The summed E-state index contributed by atoms with van der Waals surface area (Å²) in [6.45, 7) is 3.49. The first kappa shape index (κ1) is 9.48. The molecule has 1 N–H and O–H groups in total. The van der Waals surface area contributed by atoms with Crippen LogP contribution in [0.1, 0.15) is 5.56 Å². The maximum atomic E-state index is 10.7. The lowest BCUT2D eigenvalue weighted by Gasteiger charge is -2.01. The predicted molar refractivity (Wildman–Crippen MR) is 48.0 cm³/mol. The minimum absolute atomic E-state index is 0.230. The Morgan fingerprint density at radius 2 is 2.00 bits per heavy atom. The van der Waals surface area contributed by atoms with E-state index in [1.807, 2.05) is 30.3 Å². The molecule has 1 aromatic rings. The van der Waals surface area contributed by atoms with Gasteiger partial charge in [-0.15, -0.1) is 0 Å². The quantitative estimate of drug-likeness (QED) is 0.436. The van der Waals surface area contributed by atoms with Crippen molar-refractivity contribution in [3.05, 3.63) is 48.0 Å². The van der Waals surface area contributed by atoms with E-state index in [-0.39, 0.29) is 5.57 Å². The van der Waals surface area contributed by atoms with Crippen LogP contribution in [0.2, 0.25) is 0 Å². The van der Waals surface area contributed by atoms with Gasteiger partial charge in [-0.05, 0) is 5.56 Å². The van der Waals surface area contributed by atoms with E-state index in [0.29, 0.717) is 6.42 Å². The summed E-state index contributed by atoms with van der Waals surface area (Å²) >= 11 is 0. The highest BCUT2D eigenvalue weighted by atomic mass is 17.1. The van der Waals surface area contributed by atoms with E-state index >= 15 is 0 Å². The zero-order chi connectivity index (χ0) is 9.68. The summed E-state index contributed by atoms with van der Waals surface area (Å²) in [6, 6.07) is 9.36. The van der Waals surface area contributed by atoms with Crippen LogP contribution in [0, 0.1) is 0 Å². The van der Waals surface area contributed by atoms with Gasteiger partial charge in [0.1, 0.15) is 0 Å². The third kappa shape index (κ3) is 2.72. The third-order valence-corrected chi connectivity index (χ3v) is 1.63. The third-order valence-electron chi connectivity index (χ3n) is 1.63. The van der Waals surface area contributed by atoms with Gasteiger partial charge in [0.15, 0.2) is 0 Å². The van der Waals surface area contributed by atoms with Crippen molar-refractivity contribution in [1.29, 1.82) is 0 Å². The monoisotopic (exact) mass is 178 g/mol. The van der Waals surface area contributed by atoms with Gasteiger partial charge in [0.2, 0.25) is 0 Å². The van der Waals surface area contributed by atoms with Gasteiger partial charge < -0.3 is 0 Å². The van der Waals surface area contributed by atoms with Crippen LogP contribution in [-0.2, 0) is 16.1 Å². The Bertz CT molecular complexity index is 303. The van der Waals surface area contributed by atoms with Gasteiger partial charge in [0.25, 0.3) is 0 Å². The van der Waals surface area contributed by atoms with Crippen molar-refractivity contribution >= 4 is 5.97 Å². The van der Waals surface area contributed by atoms with Crippen LogP contribution in [0.3, 0.4) is 0 Å². The largest absolute Gasteiger partial charge is 0.368 e. The first-order chi connectivity index (χ1) is 6.24. The summed E-state index contributed by atoms with van der Waals surface area (Å²) in [5.74, 6) is -0.788. The molecule has 1 aromatic carbocycles. The highest BCUT2D eigenvalue weighted by Crippen LogP contribution is 2.06. The summed E-state index contributed by atoms with van der Waals surface area (Å²) in [5.41, 5.74) is 1.19. The van der Waals surface area contributed by atoms with Crippen LogP contribution in [-0.4, -0.2) is 11.2 Å². The molecule has 1 rings (SSSR count). The smallest absolute Gasteiger partial charge is 0.296 e. The second-order valence-corrected chi connectivity index (χ2v) is 2.64. The second kappa shape index (κ2) is 4.42. The Morgan fingerprint density at radius 1 is 1.38 bits per heavy atom. The number of carbonyl (C=O) groups is 1. The number of hydrogen-bond acceptors (Lipinski definition) is 3. The highest BCUT2D eigenvalue weighted by molar-refractivity contribution is 5.87. The molecule has 3 nitrogen and oxygen atoms in total. The van der Waals surface area contributed by atoms with E-state index < -0.39 is 5.97 Å². The summed E-state index contributed by atoms with van der Waals surface area (Å²) in [7, 11) is 0. The molecule has 0 bridgehead atoms. The van der Waals surface area contributed by atoms with E-state index in [2.05, 4.69) is 11.5 Å². The first-order valence-corrected chi connectivity index (χ1v) is 3.81. The molecule has 0 saturated heterocycles. The van der Waals surface area contributed by atoms with Gasteiger partial charge in [-0.1, -0.05) is 36.9 Å². The Hall–Kier alpha value is -1.61. The van der Waals surface area contributed by atoms with Crippen molar-refractivity contribution in [2.45, 2.75) is 6.42 Å². The topological polar surface area (TPSA) is 46.5 Å². The van der Waals surface area contributed by atoms with E-state index in [4.69, 9.17) is 5.26 Å². The molecule has 0 radical (unpaired) electrons. The van der Waals surface area contributed by atoms with Gasteiger partial charge in [0.05, 0.1) is 0 Å². The Balaban J connectivity index is 2.60. The Labute approximate surface area is 76.2 Å². The number of hydrogen-bond donors (Lipinski definition) is 1. The highest BCUT2D eigenvalue weighted by Gasteiger charge is 2.08. The zero-order valence-corrected chi connectivity index (χ0v) is 7.06. The molecule has 0 atom stereocenters. The molecular weight excluding hydrogens is 168 g/mol. The lowest BCUT2D eigenvalue weighted by atomic mass is 10.1. The van der Waals surface area contributed by atoms with Gasteiger partial charge >= 0.3 is 5.97 Å². The van der Waals surface area contributed by atoms with Gasteiger partial charge in [-0.2, -0.15) is 5.26 Å². The Morgan fingerprint density at radius 3 is 2.54 bits per heavy atom. The minimum atomic E-state index is -0.788. The van der Waals surface area contributed by atoms with Gasteiger partial charge in [0, 0.05) is 12.0 Å². The maximum absolute atomic E-state index is 10.7. The standard InChI is InChI=1S/C10H10O3/c1-8(10(11)13-12)7-9-5-3-2-4-6-9/h2-6,12H,1,7H2. The van der Waals surface area contributed by atoms with Gasteiger partial charge in [-0.3, -0.25) is 4.89 Å². The molecule has 0 aliphatic carbocycles. The second-order valence-electron chi connectivity index (χ2n) is 2.64. The fraction of sp³-hybridized carbons (Fsp3) is 0.100. The summed E-state index contributed by atoms with van der Waals surface area (Å²) in [6.07, 6.45) is 0.389. The van der Waals surface area contributed by atoms with Crippen molar-refractivity contribution in [3.63, 3.8) is 0 Å². The average Bonchev–Trinajstić information content (AvgIpc) is 2.18. The lowest BCUT2D eigenvalue weighted by molar-refractivity contribution is -0.229. The van der Waals surface area contributed by atoms with Crippen molar-refractivity contribution in [2.24, 2.45) is 0 Å². The molecule has 0 aliphatic heterocycles. The molecule has 0 unspecified atom stereocenters. The molecule has 0 spiro atoms. The molecule has 0 aliphatic rings. The van der Waals surface area contributed by atoms with E-state index in [1.165, 1.54) is 0 Å². The molecule has 0 saturated carbocycles. The normalized spacial score (nSPS) is 9.31. The van der Waals surface area contributed by atoms with Crippen LogP contribution < -0.4 is 0 Å². The van der Waals surface area contributed by atoms with Crippen LogP contribution in [0.5, 0.6) is 0 Å². The van der Waals surface area contributed by atoms with E-state index in [0.717, 1.165) is 5.56 Å². The molecule has 0 aromatic heterocycles. The minimum Gasteiger partial charge on any atom is -0.296 e. The first-order valence-electron chi connectivity index (χ1n) is 3.81. The zero-order valence-electron chi connectivity index (χ0n) is 7.06. The van der Waals surface area contributed by atoms with Gasteiger partial charge in [-0.25, -0.2) is 4.79 Å². The molecule has 13 heavy (non-hydrogen) atoms. The molecular formula is C10H10O3. The molecule has 3 heteroatoms. The van der Waals surface area contributed by atoms with E-state index in [1.54, 1.807) is 0 Å². The van der Waals surface area contributed by atoms with Crippen molar-refractivity contribution < 1.29 is 14.9 Å². The SMILES string of the molecule is C=C(Cc1ccccc1)C(=O)OO. The summed E-state index contributed by atoms with van der Waals surface area (Å²) in [5, 5.41) is 8.07. The van der Waals surface area contributed by atoms with Crippen molar-refractivity contribution in [3.8, 4) is 0 Å². The molecule has 0 amide bonds. The van der Waals surface area contributed by atoms with Crippen molar-refractivity contribution in [1.82, 2.24) is 0 Å². The van der Waals surface area contributed by atoms with Crippen molar-refractivity contribution in [2.75, 3.05) is 0 Å². The van der Waals surface area contributed by atoms with E-state index in [9.17, 15) is 4.79 Å². The van der Waals surface area contributed by atoms with Crippen LogP contribution in [0.4, 0.5) is 0 Å². The number of carbonyl (C=O) groups excluding carboxylic acids is 1. The van der Waals surface area contributed by atoms with Crippen LogP contribution in [0.15, 0.2) is 42.5 Å². The van der Waals surface area contributed by atoms with Crippen LogP contribution in [0.25, 0.3) is 0 Å². The Kier molecular flexibility index (Phi) is 3.23. The number of rotatable bonds is 3. The maximum Gasteiger partial charge on any atom is 0.368 e. The average molecular weight is 178 g/mol. The van der Waals surface area contributed by atoms with Crippen LogP contribution >= 0.6 is 0 Å². The molecule has 68 valence electrons. The molecule has 0 fully saturated rings. The fourth-order valence-electron chi connectivity index (χ4n) is 0.979. The summed E-state index contributed by atoms with van der Waals surface area (Å²) in [4.78, 5) is 14.3. The number of benzene rings is 1. The summed E-state index contributed by atoms with van der Waals surface area (Å²) < 4.78 is 0. The lowest BCUT2D eigenvalue weighted by Crippen LogP contribution is -2.06. The fourth-order valence-corrected chi connectivity index (χ4v) is 0.979. The predicted octanol–water partition coefficient (Wildman–Crippen LogP) is 1.80.